The number of thioether (sulfide) groups is 1. The molecule has 4 rings (SSSR count). The molecule has 4 atom stereocenters. The van der Waals surface area contributed by atoms with Crippen molar-refractivity contribution >= 4 is 23.6 Å². The van der Waals surface area contributed by atoms with E-state index in [-0.39, 0.29) is 29.7 Å². The number of aliphatic hydroxyl groups is 1. The van der Waals surface area contributed by atoms with Gasteiger partial charge in [0.1, 0.15) is 18.5 Å². The molecule has 2 fully saturated rings. The maximum absolute atomic E-state index is 13.0. The van der Waals surface area contributed by atoms with Gasteiger partial charge in [-0.2, -0.15) is 13.2 Å². The third kappa shape index (κ3) is 7.14. The SMILES string of the molecule is CC(OC(=O)C1CC1)OC(COc1ccc(CC2SC(O)NC2=O)cc1)c1ccc(C(F)(F)F)cc1. The smallest absolute Gasteiger partial charge is 0.416 e. The Kier molecular flexibility index (Phi) is 8.11. The minimum atomic E-state index is -4.46. The van der Waals surface area contributed by atoms with Gasteiger partial charge in [-0.1, -0.05) is 36.0 Å². The number of esters is 1. The Bertz CT molecular complexity index is 1060. The number of amides is 1. The highest BCUT2D eigenvalue weighted by Gasteiger charge is 2.34. The summed E-state index contributed by atoms with van der Waals surface area (Å²) in [4.78, 5) is 23.8. The molecular formula is C25H26F3NO6S. The van der Waals surface area contributed by atoms with Crippen molar-refractivity contribution < 1.29 is 42.1 Å². The van der Waals surface area contributed by atoms with Crippen LogP contribution in [-0.4, -0.2) is 40.7 Å². The fourth-order valence-corrected chi connectivity index (χ4v) is 4.63. The molecule has 11 heteroatoms. The predicted molar refractivity (Wildman–Crippen MR) is 125 cm³/mol. The molecule has 2 aromatic carbocycles. The van der Waals surface area contributed by atoms with Gasteiger partial charge in [-0.25, -0.2) is 0 Å². The maximum Gasteiger partial charge on any atom is 0.416 e. The third-order valence-electron chi connectivity index (χ3n) is 5.76. The Morgan fingerprint density at radius 1 is 1.14 bits per heavy atom. The Morgan fingerprint density at radius 3 is 2.36 bits per heavy atom. The van der Waals surface area contributed by atoms with Gasteiger partial charge in [0.2, 0.25) is 12.2 Å². The topological polar surface area (TPSA) is 94.1 Å². The van der Waals surface area contributed by atoms with Crippen molar-refractivity contribution in [2.45, 2.75) is 55.6 Å². The normalized spacial score (nSPS) is 21.5. The molecule has 2 aromatic rings. The second-order valence-corrected chi connectivity index (χ2v) is 9.96. The second-order valence-electron chi connectivity index (χ2n) is 8.67. The average Bonchev–Trinajstić information content (AvgIpc) is 3.62. The van der Waals surface area contributed by atoms with E-state index in [1.54, 1.807) is 31.2 Å². The molecule has 1 aliphatic carbocycles. The van der Waals surface area contributed by atoms with E-state index >= 15 is 0 Å². The molecule has 194 valence electrons. The molecule has 4 unspecified atom stereocenters. The summed E-state index contributed by atoms with van der Waals surface area (Å²) in [6.07, 6.45) is -4.18. The van der Waals surface area contributed by atoms with E-state index in [0.717, 1.165) is 42.3 Å². The number of halogens is 3. The number of rotatable bonds is 10. The number of carbonyl (C=O) groups excluding carboxylic acids is 2. The highest BCUT2D eigenvalue weighted by atomic mass is 32.2. The summed E-state index contributed by atoms with van der Waals surface area (Å²) in [6.45, 7) is 1.52. The zero-order valence-electron chi connectivity index (χ0n) is 19.4. The molecular weight excluding hydrogens is 499 g/mol. The molecule has 1 saturated heterocycles. The summed E-state index contributed by atoms with van der Waals surface area (Å²) < 4.78 is 55.9. The summed E-state index contributed by atoms with van der Waals surface area (Å²) in [5.74, 6) is -0.203. The fourth-order valence-electron chi connectivity index (χ4n) is 3.65. The van der Waals surface area contributed by atoms with Crippen LogP contribution in [0.25, 0.3) is 0 Å². The minimum Gasteiger partial charge on any atom is -0.491 e. The first-order valence-corrected chi connectivity index (χ1v) is 12.4. The lowest BCUT2D eigenvalue weighted by atomic mass is 10.1. The molecule has 1 saturated carbocycles. The molecule has 2 N–H and O–H groups in total. The van der Waals surface area contributed by atoms with Crippen LogP contribution in [0.1, 0.15) is 42.6 Å². The fraction of sp³-hybridized carbons (Fsp3) is 0.440. The Morgan fingerprint density at radius 2 is 1.81 bits per heavy atom. The van der Waals surface area contributed by atoms with Crippen molar-refractivity contribution in [3.8, 4) is 5.75 Å². The predicted octanol–water partition coefficient (Wildman–Crippen LogP) is 4.19. The maximum atomic E-state index is 13.0. The molecule has 0 radical (unpaired) electrons. The molecule has 2 aliphatic rings. The van der Waals surface area contributed by atoms with Crippen LogP contribution in [-0.2, 0) is 31.7 Å². The standard InChI is InChI=1S/C25H26F3NO6S/c1-14(35-23(31)17-4-5-17)34-20(16-6-8-18(9-7-16)25(26,27)28)13-33-19-10-2-15(3-11-19)12-21-22(30)29-24(32)36-21/h2-3,6-11,14,17,20-21,24,32H,4-5,12-13H2,1H3,(H,29,30). The van der Waals surface area contributed by atoms with E-state index < -0.39 is 29.7 Å². The number of hydrogen-bond donors (Lipinski definition) is 2. The van der Waals surface area contributed by atoms with Gasteiger partial charge in [0.15, 0.2) is 5.56 Å². The second kappa shape index (κ2) is 11.1. The molecule has 7 nitrogen and oxygen atoms in total. The molecule has 1 amide bonds. The molecule has 0 bridgehead atoms. The van der Waals surface area contributed by atoms with Crippen molar-refractivity contribution in [1.29, 1.82) is 0 Å². The zero-order chi connectivity index (χ0) is 25.9. The largest absolute Gasteiger partial charge is 0.491 e. The van der Waals surface area contributed by atoms with Crippen LogP contribution < -0.4 is 10.1 Å². The van der Waals surface area contributed by atoms with Gasteiger partial charge in [0, 0.05) is 0 Å². The number of nitrogens with one attached hydrogen (secondary N) is 1. The van der Waals surface area contributed by atoms with E-state index in [2.05, 4.69) is 5.32 Å². The molecule has 1 heterocycles. The number of aliphatic hydroxyl groups excluding tert-OH is 1. The van der Waals surface area contributed by atoms with Crippen LogP contribution >= 0.6 is 11.8 Å². The number of ether oxygens (including phenoxy) is 3. The zero-order valence-corrected chi connectivity index (χ0v) is 20.2. The van der Waals surface area contributed by atoms with Gasteiger partial charge >= 0.3 is 12.1 Å². The number of benzene rings is 2. The van der Waals surface area contributed by atoms with Crippen molar-refractivity contribution in [3.63, 3.8) is 0 Å². The van der Waals surface area contributed by atoms with Crippen LogP contribution in [0.2, 0.25) is 0 Å². The van der Waals surface area contributed by atoms with Crippen LogP contribution in [0.4, 0.5) is 13.2 Å². The van der Waals surface area contributed by atoms with E-state index in [0.29, 0.717) is 17.7 Å². The first-order chi connectivity index (χ1) is 17.1. The van der Waals surface area contributed by atoms with Gasteiger partial charge in [0.05, 0.1) is 16.7 Å². The first kappa shape index (κ1) is 26.3. The molecule has 0 spiro atoms. The van der Waals surface area contributed by atoms with Crippen molar-refractivity contribution in [3.05, 3.63) is 65.2 Å². The van der Waals surface area contributed by atoms with E-state index in [9.17, 15) is 27.9 Å². The van der Waals surface area contributed by atoms with Gasteiger partial charge in [0.25, 0.3) is 0 Å². The van der Waals surface area contributed by atoms with E-state index in [1.165, 1.54) is 12.1 Å². The quantitative estimate of drug-likeness (QED) is 0.355. The van der Waals surface area contributed by atoms with Crippen LogP contribution in [0, 0.1) is 5.92 Å². The summed E-state index contributed by atoms with van der Waals surface area (Å²) in [5.41, 5.74) is -0.369. The monoisotopic (exact) mass is 525 g/mol. The van der Waals surface area contributed by atoms with Crippen LogP contribution in [0.3, 0.4) is 0 Å². The highest BCUT2D eigenvalue weighted by molar-refractivity contribution is 8.01. The third-order valence-corrected chi connectivity index (χ3v) is 6.84. The lowest BCUT2D eigenvalue weighted by Crippen LogP contribution is -2.27. The van der Waals surface area contributed by atoms with E-state index in [1.807, 2.05) is 0 Å². The molecule has 36 heavy (non-hydrogen) atoms. The van der Waals surface area contributed by atoms with Crippen LogP contribution in [0.15, 0.2) is 48.5 Å². The Labute approximate surface area is 210 Å². The summed E-state index contributed by atoms with van der Waals surface area (Å²) >= 11 is 1.14. The summed E-state index contributed by atoms with van der Waals surface area (Å²) in [6, 6.07) is 11.6. The van der Waals surface area contributed by atoms with Gasteiger partial charge in [-0.05, 0) is 61.6 Å². The molecule has 1 aliphatic heterocycles. The van der Waals surface area contributed by atoms with Gasteiger partial charge in [-0.3, -0.25) is 9.59 Å². The van der Waals surface area contributed by atoms with Gasteiger partial charge < -0.3 is 24.6 Å². The Balaban J connectivity index is 1.40. The minimum absolute atomic E-state index is 0.0386. The van der Waals surface area contributed by atoms with Crippen molar-refractivity contribution in [2.24, 2.45) is 5.92 Å². The Hall–Kier alpha value is -2.76. The summed E-state index contributed by atoms with van der Waals surface area (Å²) in [7, 11) is 0. The van der Waals surface area contributed by atoms with E-state index in [4.69, 9.17) is 14.2 Å². The average molecular weight is 526 g/mol. The number of alkyl halides is 3. The number of carbonyl (C=O) groups is 2. The first-order valence-electron chi connectivity index (χ1n) is 11.5. The van der Waals surface area contributed by atoms with Crippen molar-refractivity contribution in [2.75, 3.05) is 6.61 Å². The van der Waals surface area contributed by atoms with Crippen molar-refractivity contribution in [1.82, 2.24) is 5.32 Å². The summed E-state index contributed by atoms with van der Waals surface area (Å²) in [5, 5.41) is 11.6. The lowest BCUT2D eigenvalue weighted by molar-refractivity contribution is -0.190. The highest BCUT2D eigenvalue weighted by Crippen LogP contribution is 2.33. The van der Waals surface area contributed by atoms with Gasteiger partial charge in [-0.15, -0.1) is 0 Å². The molecule has 0 aromatic heterocycles. The lowest BCUT2D eigenvalue weighted by Gasteiger charge is -2.23. The van der Waals surface area contributed by atoms with Crippen LogP contribution in [0.5, 0.6) is 5.75 Å². The number of hydrogen-bond acceptors (Lipinski definition) is 7.